The molecule has 0 saturated heterocycles. The fourth-order valence-corrected chi connectivity index (χ4v) is 1.43. The van der Waals surface area contributed by atoms with Crippen LogP contribution in [0.1, 0.15) is 37.8 Å². The van der Waals surface area contributed by atoms with Gasteiger partial charge in [0.25, 0.3) is 0 Å². The molecule has 0 unspecified atom stereocenters. The summed E-state index contributed by atoms with van der Waals surface area (Å²) in [6.45, 7) is 1.97. The van der Waals surface area contributed by atoms with Crippen LogP contribution in [0.15, 0.2) is 12.1 Å². The average Bonchev–Trinajstić information content (AvgIpc) is 2.19. The molecule has 0 bridgehead atoms. The number of rotatable bonds is 4. The second kappa shape index (κ2) is 6.76. The van der Waals surface area contributed by atoms with Gasteiger partial charge in [-0.2, -0.15) is 0 Å². The monoisotopic (exact) mass is 253 g/mol. The van der Waals surface area contributed by atoms with Gasteiger partial charge in [-0.15, -0.1) is 12.4 Å². The van der Waals surface area contributed by atoms with Gasteiger partial charge in [-0.25, -0.2) is 13.2 Å². The van der Waals surface area contributed by atoms with Crippen LogP contribution < -0.4 is 5.73 Å². The van der Waals surface area contributed by atoms with E-state index >= 15 is 0 Å². The van der Waals surface area contributed by atoms with Crippen LogP contribution >= 0.6 is 12.4 Å². The van der Waals surface area contributed by atoms with Crippen LogP contribution in [0.4, 0.5) is 13.2 Å². The van der Waals surface area contributed by atoms with Crippen molar-refractivity contribution in [2.24, 2.45) is 5.73 Å². The topological polar surface area (TPSA) is 26.0 Å². The summed E-state index contributed by atoms with van der Waals surface area (Å²) in [4.78, 5) is 0. The highest BCUT2D eigenvalue weighted by molar-refractivity contribution is 5.85. The first-order valence-corrected chi connectivity index (χ1v) is 4.96. The molecule has 0 aliphatic heterocycles. The van der Waals surface area contributed by atoms with E-state index in [1.807, 2.05) is 6.92 Å². The van der Waals surface area contributed by atoms with E-state index in [9.17, 15) is 13.2 Å². The summed E-state index contributed by atoms with van der Waals surface area (Å²) >= 11 is 0. The summed E-state index contributed by atoms with van der Waals surface area (Å²) < 4.78 is 38.9. The van der Waals surface area contributed by atoms with Crippen LogP contribution in [0, 0.1) is 17.5 Å². The summed E-state index contributed by atoms with van der Waals surface area (Å²) in [7, 11) is 0. The molecule has 0 spiro atoms. The van der Waals surface area contributed by atoms with Crippen LogP contribution in [0.25, 0.3) is 0 Å². The standard InChI is InChI=1S/C11H14F3N.ClH/c1-2-3-4-10(15)8-5-7(12)6-9(13)11(8)14;/h5-6,10H,2-4,15H2,1H3;1H/t10-;/m1./s1. The highest BCUT2D eigenvalue weighted by Crippen LogP contribution is 2.22. The lowest BCUT2D eigenvalue weighted by Crippen LogP contribution is -2.13. The Hall–Kier alpha value is -0.740. The zero-order valence-electron chi connectivity index (χ0n) is 8.97. The third kappa shape index (κ3) is 3.68. The Balaban J connectivity index is 0.00000225. The van der Waals surface area contributed by atoms with Crippen molar-refractivity contribution in [1.29, 1.82) is 0 Å². The van der Waals surface area contributed by atoms with Crippen molar-refractivity contribution in [3.05, 3.63) is 35.1 Å². The molecule has 1 aromatic carbocycles. The van der Waals surface area contributed by atoms with Crippen LogP contribution in [0.2, 0.25) is 0 Å². The van der Waals surface area contributed by atoms with Gasteiger partial charge in [-0.1, -0.05) is 19.8 Å². The van der Waals surface area contributed by atoms with Crippen molar-refractivity contribution in [2.45, 2.75) is 32.2 Å². The lowest BCUT2D eigenvalue weighted by atomic mass is 10.0. The SMILES string of the molecule is CCCC[C@@H](N)c1cc(F)cc(F)c1F.Cl. The fourth-order valence-electron chi connectivity index (χ4n) is 1.43. The second-order valence-electron chi connectivity index (χ2n) is 3.54. The maximum Gasteiger partial charge on any atom is 0.163 e. The van der Waals surface area contributed by atoms with E-state index in [0.717, 1.165) is 18.9 Å². The second-order valence-corrected chi connectivity index (χ2v) is 3.54. The number of benzene rings is 1. The molecule has 1 aromatic rings. The first-order chi connectivity index (χ1) is 7.06. The smallest absolute Gasteiger partial charge is 0.163 e. The highest BCUT2D eigenvalue weighted by Gasteiger charge is 2.16. The van der Waals surface area contributed by atoms with Crippen LogP contribution in [-0.2, 0) is 0 Å². The van der Waals surface area contributed by atoms with E-state index in [1.165, 1.54) is 0 Å². The first kappa shape index (κ1) is 15.3. The Morgan fingerprint density at radius 1 is 1.25 bits per heavy atom. The molecule has 1 rings (SSSR count). The molecule has 0 saturated carbocycles. The first-order valence-electron chi connectivity index (χ1n) is 4.96. The minimum Gasteiger partial charge on any atom is -0.324 e. The van der Waals surface area contributed by atoms with Crippen molar-refractivity contribution in [3.63, 3.8) is 0 Å². The summed E-state index contributed by atoms with van der Waals surface area (Å²) in [6.07, 6.45) is 2.24. The third-order valence-corrected chi connectivity index (χ3v) is 2.29. The van der Waals surface area contributed by atoms with Crippen molar-refractivity contribution < 1.29 is 13.2 Å². The van der Waals surface area contributed by atoms with Gasteiger partial charge in [0, 0.05) is 17.7 Å². The molecule has 16 heavy (non-hydrogen) atoms. The summed E-state index contributed by atoms with van der Waals surface area (Å²) in [5.74, 6) is -3.02. The van der Waals surface area contributed by atoms with Crippen LogP contribution in [-0.4, -0.2) is 0 Å². The molecule has 0 aliphatic carbocycles. The van der Waals surface area contributed by atoms with Gasteiger partial charge in [0.2, 0.25) is 0 Å². The molecule has 0 fully saturated rings. The Kier molecular flexibility index (Phi) is 6.45. The van der Waals surface area contributed by atoms with E-state index < -0.39 is 23.5 Å². The molecule has 0 amide bonds. The highest BCUT2D eigenvalue weighted by atomic mass is 35.5. The zero-order chi connectivity index (χ0) is 11.4. The summed E-state index contributed by atoms with van der Waals surface area (Å²) in [6, 6.07) is 0.833. The molecule has 2 N–H and O–H groups in total. The van der Waals surface area contributed by atoms with Gasteiger partial charge in [0.05, 0.1) is 0 Å². The Morgan fingerprint density at radius 2 is 1.88 bits per heavy atom. The van der Waals surface area contributed by atoms with E-state index in [2.05, 4.69) is 0 Å². The molecule has 5 heteroatoms. The average molecular weight is 254 g/mol. The predicted molar refractivity (Wildman–Crippen MR) is 60.0 cm³/mol. The molecule has 0 aliphatic rings. The van der Waals surface area contributed by atoms with Crippen molar-refractivity contribution in [2.75, 3.05) is 0 Å². The van der Waals surface area contributed by atoms with E-state index in [4.69, 9.17) is 5.73 Å². The number of halogens is 4. The number of unbranched alkanes of at least 4 members (excludes halogenated alkanes) is 1. The van der Waals surface area contributed by atoms with E-state index in [-0.39, 0.29) is 18.0 Å². The Bertz CT molecular complexity index is 344. The Labute approximate surface area is 99.2 Å². The summed E-state index contributed by atoms with van der Waals surface area (Å²) in [5.41, 5.74) is 5.56. The van der Waals surface area contributed by atoms with Gasteiger partial charge < -0.3 is 5.73 Å². The minimum absolute atomic E-state index is 0. The number of hydrogen-bond donors (Lipinski definition) is 1. The Morgan fingerprint density at radius 3 is 2.44 bits per heavy atom. The molecular weight excluding hydrogens is 239 g/mol. The lowest BCUT2D eigenvalue weighted by molar-refractivity contribution is 0.467. The quantitative estimate of drug-likeness (QED) is 0.814. The molecule has 1 atom stereocenters. The van der Waals surface area contributed by atoms with Gasteiger partial charge in [0.15, 0.2) is 11.6 Å². The van der Waals surface area contributed by atoms with Gasteiger partial charge in [0.1, 0.15) is 5.82 Å². The largest absolute Gasteiger partial charge is 0.324 e. The van der Waals surface area contributed by atoms with Crippen LogP contribution in [0.3, 0.4) is 0 Å². The van der Waals surface area contributed by atoms with Gasteiger partial charge >= 0.3 is 0 Å². The van der Waals surface area contributed by atoms with Crippen LogP contribution in [0.5, 0.6) is 0 Å². The van der Waals surface area contributed by atoms with Crippen molar-refractivity contribution in [1.82, 2.24) is 0 Å². The van der Waals surface area contributed by atoms with Gasteiger partial charge in [-0.3, -0.25) is 0 Å². The minimum atomic E-state index is -1.18. The normalized spacial score (nSPS) is 12.1. The lowest BCUT2D eigenvalue weighted by Gasteiger charge is -2.12. The predicted octanol–water partition coefficient (Wildman–Crippen LogP) is 3.72. The maximum absolute atomic E-state index is 13.2. The fraction of sp³-hybridized carbons (Fsp3) is 0.455. The summed E-state index contributed by atoms with van der Waals surface area (Å²) in [5, 5.41) is 0. The maximum atomic E-state index is 13.2. The number of hydrogen-bond acceptors (Lipinski definition) is 1. The zero-order valence-corrected chi connectivity index (χ0v) is 9.79. The number of nitrogens with two attached hydrogens (primary N) is 1. The molecule has 1 nitrogen and oxygen atoms in total. The molecule has 0 radical (unpaired) electrons. The van der Waals surface area contributed by atoms with Crippen molar-refractivity contribution >= 4 is 12.4 Å². The van der Waals surface area contributed by atoms with Gasteiger partial charge in [-0.05, 0) is 12.5 Å². The molecular formula is C11H15ClF3N. The molecule has 92 valence electrons. The molecule has 0 aromatic heterocycles. The van der Waals surface area contributed by atoms with E-state index in [1.54, 1.807) is 0 Å². The molecule has 0 heterocycles. The van der Waals surface area contributed by atoms with E-state index in [0.29, 0.717) is 12.5 Å². The third-order valence-electron chi connectivity index (χ3n) is 2.29. The van der Waals surface area contributed by atoms with Crippen molar-refractivity contribution in [3.8, 4) is 0 Å².